The Balaban J connectivity index is 2.00. The largest absolute Gasteiger partial charge is 0.312 e. The summed E-state index contributed by atoms with van der Waals surface area (Å²) in [7, 11) is 0. The van der Waals surface area contributed by atoms with Gasteiger partial charge in [-0.1, -0.05) is 56.3 Å². The van der Waals surface area contributed by atoms with Gasteiger partial charge in [-0.2, -0.15) is 0 Å². The van der Waals surface area contributed by atoms with Gasteiger partial charge in [0, 0.05) is 13.1 Å². The second-order valence-electron chi connectivity index (χ2n) is 5.76. The van der Waals surface area contributed by atoms with Crippen LogP contribution >= 0.6 is 0 Å². The Kier molecular flexibility index (Phi) is 3.39. The van der Waals surface area contributed by atoms with Gasteiger partial charge in [0.25, 0.3) is 0 Å². The fourth-order valence-corrected chi connectivity index (χ4v) is 3.00. The highest BCUT2D eigenvalue weighted by Gasteiger charge is 2.22. The number of fused-ring (bicyclic) bond motifs is 1. The normalized spacial score (nSPS) is 18.4. The predicted octanol–water partition coefficient (Wildman–Crippen LogP) is 4.20. The summed E-state index contributed by atoms with van der Waals surface area (Å²) >= 11 is 0. The smallest absolute Gasteiger partial charge is 0.0208 e. The number of rotatable bonds is 2. The van der Waals surface area contributed by atoms with Crippen LogP contribution in [0.5, 0.6) is 0 Å². The maximum Gasteiger partial charge on any atom is 0.0208 e. The second kappa shape index (κ2) is 5.18. The third-order valence-electron chi connectivity index (χ3n) is 4.13. The Morgan fingerprint density at radius 2 is 1.79 bits per heavy atom. The van der Waals surface area contributed by atoms with Crippen LogP contribution in [0.2, 0.25) is 0 Å². The van der Waals surface area contributed by atoms with Crippen LogP contribution in [0.3, 0.4) is 0 Å². The molecule has 0 saturated carbocycles. The van der Waals surface area contributed by atoms with Crippen molar-refractivity contribution in [2.75, 3.05) is 6.54 Å². The lowest BCUT2D eigenvalue weighted by atomic mass is 9.82. The highest BCUT2D eigenvalue weighted by molar-refractivity contribution is 5.65. The summed E-state index contributed by atoms with van der Waals surface area (Å²) in [6.45, 7) is 6.73. The molecule has 1 heteroatoms. The minimum Gasteiger partial charge on any atom is -0.312 e. The molecule has 1 aliphatic rings. The zero-order valence-electron chi connectivity index (χ0n) is 11.7. The first-order valence-corrected chi connectivity index (χ1v) is 7.14. The van der Waals surface area contributed by atoms with Gasteiger partial charge in [0.05, 0.1) is 0 Å². The SMILES string of the molecule is CC(C)C1CNCc2cc(-c3ccccc3)ccc21. The summed E-state index contributed by atoms with van der Waals surface area (Å²) in [4.78, 5) is 0. The van der Waals surface area contributed by atoms with Crippen molar-refractivity contribution in [1.29, 1.82) is 0 Å². The molecule has 19 heavy (non-hydrogen) atoms. The van der Waals surface area contributed by atoms with Crippen molar-refractivity contribution in [2.45, 2.75) is 26.3 Å². The standard InChI is InChI=1S/C18H21N/c1-13(2)18-12-19-11-16-10-15(8-9-17(16)18)14-6-4-3-5-7-14/h3-10,13,18-19H,11-12H2,1-2H3. The molecule has 0 radical (unpaired) electrons. The second-order valence-corrected chi connectivity index (χ2v) is 5.76. The first-order chi connectivity index (χ1) is 9.25. The van der Waals surface area contributed by atoms with Gasteiger partial charge in [0.1, 0.15) is 0 Å². The monoisotopic (exact) mass is 251 g/mol. The lowest BCUT2D eigenvalue weighted by Crippen LogP contribution is -2.30. The molecular weight excluding hydrogens is 230 g/mol. The Hall–Kier alpha value is -1.60. The highest BCUT2D eigenvalue weighted by atomic mass is 14.9. The Morgan fingerprint density at radius 3 is 2.53 bits per heavy atom. The molecule has 2 aromatic carbocycles. The van der Waals surface area contributed by atoms with E-state index in [9.17, 15) is 0 Å². The van der Waals surface area contributed by atoms with Gasteiger partial charge in [0.15, 0.2) is 0 Å². The maximum absolute atomic E-state index is 3.55. The van der Waals surface area contributed by atoms with E-state index in [-0.39, 0.29) is 0 Å². The van der Waals surface area contributed by atoms with Gasteiger partial charge in [-0.15, -0.1) is 0 Å². The molecule has 98 valence electrons. The van der Waals surface area contributed by atoms with Crippen molar-refractivity contribution in [2.24, 2.45) is 5.92 Å². The Labute approximate surface area is 115 Å². The Morgan fingerprint density at radius 1 is 1.00 bits per heavy atom. The average molecular weight is 251 g/mol. The molecule has 0 fully saturated rings. The molecule has 1 atom stereocenters. The fraction of sp³-hybridized carbons (Fsp3) is 0.333. The molecule has 0 amide bonds. The van der Waals surface area contributed by atoms with Crippen molar-refractivity contribution >= 4 is 0 Å². The van der Waals surface area contributed by atoms with Crippen LogP contribution in [0.25, 0.3) is 11.1 Å². The van der Waals surface area contributed by atoms with Crippen molar-refractivity contribution < 1.29 is 0 Å². The van der Waals surface area contributed by atoms with Gasteiger partial charge in [-0.25, -0.2) is 0 Å². The molecule has 1 heterocycles. The van der Waals surface area contributed by atoms with Crippen LogP contribution in [-0.4, -0.2) is 6.54 Å². The third-order valence-corrected chi connectivity index (χ3v) is 4.13. The number of hydrogen-bond donors (Lipinski definition) is 1. The van der Waals surface area contributed by atoms with E-state index in [4.69, 9.17) is 0 Å². The summed E-state index contributed by atoms with van der Waals surface area (Å²) in [5.41, 5.74) is 5.63. The minimum absolute atomic E-state index is 0.647. The van der Waals surface area contributed by atoms with Crippen molar-refractivity contribution in [3.63, 3.8) is 0 Å². The summed E-state index contributed by atoms with van der Waals surface area (Å²) in [6, 6.07) is 17.6. The van der Waals surface area contributed by atoms with Crippen molar-refractivity contribution in [3.8, 4) is 11.1 Å². The van der Waals surface area contributed by atoms with E-state index in [0.717, 1.165) is 13.1 Å². The molecule has 3 rings (SSSR count). The highest BCUT2D eigenvalue weighted by Crippen LogP contribution is 2.32. The molecule has 1 nitrogen and oxygen atoms in total. The molecular formula is C18H21N. The summed E-state index contributed by atoms with van der Waals surface area (Å²) in [5.74, 6) is 1.34. The molecule has 2 aromatic rings. The fourth-order valence-electron chi connectivity index (χ4n) is 3.00. The van der Waals surface area contributed by atoms with Crippen LogP contribution in [0, 0.1) is 5.92 Å². The van der Waals surface area contributed by atoms with E-state index in [2.05, 4.69) is 67.7 Å². The lowest BCUT2D eigenvalue weighted by molar-refractivity contribution is 0.436. The quantitative estimate of drug-likeness (QED) is 0.843. The van der Waals surface area contributed by atoms with Gasteiger partial charge < -0.3 is 5.32 Å². The molecule has 1 unspecified atom stereocenters. The van der Waals surface area contributed by atoms with Crippen molar-refractivity contribution in [1.82, 2.24) is 5.32 Å². The van der Waals surface area contributed by atoms with Crippen LogP contribution < -0.4 is 5.32 Å². The Bertz CT molecular complexity index is 557. The van der Waals surface area contributed by atoms with Gasteiger partial charge in [-0.05, 0) is 40.2 Å². The minimum atomic E-state index is 0.647. The van der Waals surface area contributed by atoms with E-state index in [1.54, 1.807) is 0 Å². The molecule has 0 saturated heterocycles. The molecule has 0 bridgehead atoms. The number of hydrogen-bond acceptors (Lipinski definition) is 1. The van der Waals surface area contributed by atoms with E-state index >= 15 is 0 Å². The van der Waals surface area contributed by atoms with Gasteiger partial charge in [-0.3, -0.25) is 0 Å². The number of nitrogens with one attached hydrogen (secondary N) is 1. The zero-order chi connectivity index (χ0) is 13.2. The van der Waals surface area contributed by atoms with E-state index < -0.39 is 0 Å². The van der Waals surface area contributed by atoms with Crippen LogP contribution in [0.4, 0.5) is 0 Å². The third kappa shape index (κ3) is 2.43. The summed E-state index contributed by atoms with van der Waals surface area (Å²) in [6.07, 6.45) is 0. The van der Waals surface area contributed by atoms with E-state index in [1.165, 1.54) is 22.3 Å². The van der Waals surface area contributed by atoms with Crippen LogP contribution in [0.1, 0.15) is 30.9 Å². The van der Waals surface area contributed by atoms with Crippen LogP contribution in [0.15, 0.2) is 48.5 Å². The molecule has 1 aliphatic heterocycles. The summed E-state index contributed by atoms with van der Waals surface area (Å²) < 4.78 is 0. The van der Waals surface area contributed by atoms with Crippen LogP contribution in [-0.2, 0) is 6.54 Å². The van der Waals surface area contributed by atoms with Gasteiger partial charge in [0.2, 0.25) is 0 Å². The number of benzene rings is 2. The first-order valence-electron chi connectivity index (χ1n) is 7.14. The predicted molar refractivity (Wildman–Crippen MR) is 81.2 cm³/mol. The van der Waals surface area contributed by atoms with Crippen molar-refractivity contribution in [3.05, 3.63) is 59.7 Å². The molecule has 0 aromatic heterocycles. The summed E-state index contributed by atoms with van der Waals surface area (Å²) in [5, 5.41) is 3.55. The van der Waals surface area contributed by atoms with E-state index in [1.807, 2.05) is 0 Å². The topological polar surface area (TPSA) is 12.0 Å². The van der Waals surface area contributed by atoms with E-state index in [0.29, 0.717) is 11.8 Å². The van der Waals surface area contributed by atoms with Gasteiger partial charge >= 0.3 is 0 Å². The first kappa shape index (κ1) is 12.4. The molecule has 0 spiro atoms. The molecule has 0 aliphatic carbocycles. The molecule has 1 N–H and O–H groups in total. The maximum atomic E-state index is 3.55. The zero-order valence-corrected chi connectivity index (χ0v) is 11.7. The lowest BCUT2D eigenvalue weighted by Gasteiger charge is -2.29. The average Bonchev–Trinajstić information content (AvgIpc) is 2.47.